The highest BCUT2D eigenvalue weighted by Crippen LogP contribution is 2.09. The van der Waals surface area contributed by atoms with Crippen LogP contribution in [-0.4, -0.2) is 30.6 Å². The molecule has 0 aliphatic heterocycles. The van der Waals surface area contributed by atoms with E-state index < -0.39 is 0 Å². The van der Waals surface area contributed by atoms with Crippen LogP contribution >= 0.6 is 15.9 Å². The van der Waals surface area contributed by atoms with Crippen molar-refractivity contribution in [3.05, 3.63) is 12.7 Å². The van der Waals surface area contributed by atoms with Crippen LogP contribution in [0.4, 0.5) is 0 Å². The molecule has 0 amide bonds. The Morgan fingerprint density at radius 2 is 1.78 bits per heavy atom. The van der Waals surface area contributed by atoms with Crippen molar-refractivity contribution in [2.75, 3.05) is 21.1 Å². The second-order valence-electron chi connectivity index (χ2n) is 2.72. The fourth-order valence-corrected chi connectivity index (χ4v) is 0.316. The number of alkyl halides is 1. The maximum Gasteiger partial charge on any atom is 0.162 e. The molecule has 9 heavy (non-hydrogen) atoms. The van der Waals surface area contributed by atoms with Gasteiger partial charge in [-0.2, -0.15) is 0 Å². The van der Waals surface area contributed by atoms with E-state index in [2.05, 4.69) is 43.7 Å². The average Bonchev–Trinajstić information content (AvgIpc) is 1.62. The normalized spacial score (nSPS) is 13.8. The summed E-state index contributed by atoms with van der Waals surface area (Å²) in [5.74, 6) is 0. The van der Waals surface area contributed by atoms with Crippen LogP contribution in [0.1, 0.15) is 0 Å². The summed E-state index contributed by atoms with van der Waals surface area (Å²) < 4.78 is 0.878. The Morgan fingerprint density at radius 1 is 1.44 bits per heavy atom. The molecule has 0 aromatic rings. The Bertz CT molecular complexity index is 85.5. The van der Waals surface area contributed by atoms with Crippen molar-refractivity contribution in [2.45, 2.75) is 4.95 Å². The zero-order chi connectivity index (χ0) is 6.78. The lowest BCUT2D eigenvalue weighted by Crippen LogP contribution is -3.00. The third-order valence-electron chi connectivity index (χ3n) is 0.934. The van der Waals surface area contributed by atoms with Gasteiger partial charge in [-0.15, -0.1) is 0 Å². The van der Waals surface area contributed by atoms with Crippen LogP contribution < -0.4 is 17.0 Å². The van der Waals surface area contributed by atoms with E-state index in [1.54, 1.807) is 0 Å². The zero-order valence-electron chi connectivity index (χ0n) is 6.06. The molecule has 0 heterocycles. The second kappa shape index (κ2) is 4.47. The van der Waals surface area contributed by atoms with Gasteiger partial charge in [0.25, 0.3) is 0 Å². The van der Waals surface area contributed by atoms with E-state index >= 15 is 0 Å². The third kappa shape index (κ3) is 5.12. The van der Waals surface area contributed by atoms with Crippen LogP contribution in [0, 0.1) is 0 Å². The van der Waals surface area contributed by atoms with Crippen molar-refractivity contribution < 1.29 is 21.5 Å². The number of nitrogens with zero attached hydrogens (tertiary/aromatic N) is 1. The van der Waals surface area contributed by atoms with Crippen molar-refractivity contribution in [1.29, 1.82) is 0 Å². The molecule has 0 spiro atoms. The van der Waals surface area contributed by atoms with E-state index in [1.165, 1.54) is 0 Å². The van der Waals surface area contributed by atoms with Crippen LogP contribution in [0.3, 0.4) is 0 Å². The van der Waals surface area contributed by atoms with Gasteiger partial charge in [0.1, 0.15) is 0 Å². The lowest BCUT2D eigenvalue weighted by molar-refractivity contribution is -0.872. The fourth-order valence-electron chi connectivity index (χ4n) is 0.316. The first kappa shape index (κ1) is 12.3. The molecular weight excluding hydrogens is 246 g/mol. The van der Waals surface area contributed by atoms with Crippen molar-refractivity contribution >= 4 is 15.9 Å². The SMILES string of the molecule is C=CC(Br)[N+](C)(C)C.[Br-]. The highest BCUT2D eigenvalue weighted by molar-refractivity contribution is 9.09. The van der Waals surface area contributed by atoms with E-state index in [0.717, 1.165) is 4.48 Å². The minimum atomic E-state index is 0. The zero-order valence-corrected chi connectivity index (χ0v) is 9.24. The first-order chi connectivity index (χ1) is 3.48. The minimum absolute atomic E-state index is 0. The molecule has 0 N–H and O–H groups in total. The highest BCUT2D eigenvalue weighted by Gasteiger charge is 2.14. The molecule has 0 saturated carbocycles. The number of rotatable bonds is 2. The van der Waals surface area contributed by atoms with Crippen molar-refractivity contribution in [1.82, 2.24) is 0 Å². The summed E-state index contributed by atoms with van der Waals surface area (Å²) in [6.07, 6.45) is 1.89. The maximum atomic E-state index is 3.66. The van der Waals surface area contributed by atoms with Gasteiger partial charge >= 0.3 is 0 Å². The van der Waals surface area contributed by atoms with Gasteiger partial charge in [0.15, 0.2) is 4.95 Å². The van der Waals surface area contributed by atoms with Gasteiger partial charge in [0.05, 0.1) is 21.1 Å². The standard InChI is InChI=1S/C6H13BrN.BrH/c1-5-6(7)8(2,3)4;/h5-6H,1H2,2-4H3;1H/q+1;/p-1. The van der Waals surface area contributed by atoms with Gasteiger partial charge in [-0.05, 0) is 22.0 Å². The quantitative estimate of drug-likeness (QED) is 0.248. The number of quaternary nitrogens is 1. The Labute approximate surface area is 76.2 Å². The summed E-state index contributed by atoms with van der Waals surface area (Å²) in [7, 11) is 6.34. The Morgan fingerprint density at radius 3 is 1.78 bits per heavy atom. The molecule has 0 saturated heterocycles. The molecule has 0 fully saturated rings. The monoisotopic (exact) mass is 257 g/mol. The van der Waals surface area contributed by atoms with Crippen LogP contribution in [0.5, 0.6) is 0 Å². The largest absolute Gasteiger partial charge is 1.00 e. The number of likely N-dealkylation sites (N-methyl/N-ethyl adjacent to an activating group) is 1. The summed E-state index contributed by atoms with van der Waals surface area (Å²) in [6.45, 7) is 3.66. The number of halogens is 2. The van der Waals surface area contributed by atoms with Crippen molar-refractivity contribution in [3.8, 4) is 0 Å². The van der Waals surface area contributed by atoms with E-state index in [4.69, 9.17) is 0 Å². The Hall–Kier alpha value is 0.660. The smallest absolute Gasteiger partial charge is 0.162 e. The van der Waals surface area contributed by atoms with Crippen molar-refractivity contribution in [3.63, 3.8) is 0 Å². The fraction of sp³-hybridized carbons (Fsp3) is 0.667. The number of hydrogen-bond donors (Lipinski definition) is 0. The van der Waals surface area contributed by atoms with Gasteiger partial charge in [0.2, 0.25) is 0 Å². The molecule has 0 radical (unpaired) electrons. The molecule has 0 rings (SSSR count). The molecule has 1 nitrogen and oxygen atoms in total. The van der Waals surface area contributed by atoms with Gasteiger partial charge in [-0.1, -0.05) is 6.58 Å². The summed E-state index contributed by atoms with van der Waals surface area (Å²) in [4.78, 5) is 0.363. The topological polar surface area (TPSA) is 0 Å². The first-order valence-electron chi connectivity index (χ1n) is 2.56. The predicted octanol–water partition coefficient (Wildman–Crippen LogP) is -1.40. The molecular formula is C6H13Br2N. The molecule has 1 atom stereocenters. The second-order valence-corrected chi connectivity index (χ2v) is 3.66. The summed E-state index contributed by atoms with van der Waals surface area (Å²) >= 11 is 3.45. The summed E-state index contributed by atoms with van der Waals surface area (Å²) in [6, 6.07) is 0. The van der Waals surface area contributed by atoms with Gasteiger partial charge in [-0.3, -0.25) is 0 Å². The maximum absolute atomic E-state index is 3.66. The van der Waals surface area contributed by atoms with Crippen LogP contribution in [-0.2, 0) is 0 Å². The van der Waals surface area contributed by atoms with E-state index in [9.17, 15) is 0 Å². The lowest BCUT2D eigenvalue weighted by atomic mass is 10.5. The predicted molar refractivity (Wildman–Crippen MR) is 40.9 cm³/mol. The van der Waals surface area contributed by atoms with E-state index in [-0.39, 0.29) is 17.0 Å². The average molecular weight is 259 g/mol. The Kier molecular flexibility index (Phi) is 6.13. The molecule has 3 heteroatoms. The van der Waals surface area contributed by atoms with Crippen LogP contribution in [0.25, 0.3) is 0 Å². The first-order valence-corrected chi connectivity index (χ1v) is 3.48. The summed E-state index contributed by atoms with van der Waals surface area (Å²) in [5.41, 5.74) is 0. The van der Waals surface area contributed by atoms with Gasteiger partial charge in [-0.25, -0.2) is 0 Å². The molecule has 0 bridgehead atoms. The van der Waals surface area contributed by atoms with Crippen LogP contribution in [0.2, 0.25) is 0 Å². The molecule has 0 aromatic heterocycles. The Balaban J connectivity index is 0. The molecule has 1 unspecified atom stereocenters. The highest BCUT2D eigenvalue weighted by atomic mass is 79.9. The van der Waals surface area contributed by atoms with Crippen molar-refractivity contribution in [2.24, 2.45) is 0 Å². The lowest BCUT2D eigenvalue weighted by Gasteiger charge is -2.27. The molecule has 0 aliphatic carbocycles. The van der Waals surface area contributed by atoms with Gasteiger partial charge < -0.3 is 21.5 Å². The number of hydrogen-bond acceptors (Lipinski definition) is 0. The molecule has 0 aliphatic rings. The molecule has 0 aromatic carbocycles. The van der Waals surface area contributed by atoms with Crippen LogP contribution in [0.15, 0.2) is 12.7 Å². The van der Waals surface area contributed by atoms with Gasteiger partial charge in [0, 0.05) is 0 Å². The summed E-state index contributed by atoms with van der Waals surface area (Å²) in [5, 5.41) is 0. The van der Waals surface area contributed by atoms with E-state index in [1.807, 2.05) is 6.08 Å². The molecule has 56 valence electrons. The van der Waals surface area contributed by atoms with E-state index in [0.29, 0.717) is 4.95 Å². The minimum Gasteiger partial charge on any atom is -1.00 e. The third-order valence-corrected chi connectivity index (χ3v) is 2.54.